The topological polar surface area (TPSA) is 63.5 Å². The summed E-state index contributed by atoms with van der Waals surface area (Å²) in [7, 11) is 1.77. The number of aromatic nitrogens is 2. The lowest BCUT2D eigenvalue weighted by Crippen LogP contribution is -2.39. The number of aryl methyl sites for hydroxylation is 1. The van der Waals surface area contributed by atoms with Gasteiger partial charge in [0.05, 0.1) is 12.9 Å². The first kappa shape index (κ1) is 18.2. The van der Waals surface area contributed by atoms with E-state index in [1.807, 2.05) is 19.4 Å². The van der Waals surface area contributed by atoms with Gasteiger partial charge in [-0.1, -0.05) is 0 Å². The highest BCUT2D eigenvalue weighted by Crippen LogP contribution is 1.88. The number of imidazole rings is 1. The average Bonchev–Trinajstić information content (AvgIpc) is 2.90. The van der Waals surface area contributed by atoms with Crippen LogP contribution in [-0.4, -0.2) is 48.9 Å². The highest BCUT2D eigenvalue weighted by molar-refractivity contribution is 14.0. The van der Waals surface area contributed by atoms with Crippen molar-refractivity contribution in [3.05, 3.63) is 18.7 Å². The second-order valence-electron chi connectivity index (χ2n) is 3.78. The van der Waals surface area contributed by atoms with E-state index in [-0.39, 0.29) is 24.0 Å². The molecule has 0 aliphatic heterocycles. The van der Waals surface area contributed by atoms with Crippen LogP contribution in [0.3, 0.4) is 0 Å². The Morgan fingerprint density at radius 1 is 1.37 bits per heavy atom. The van der Waals surface area contributed by atoms with Crippen LogP contribution >= 0.6 is 24.0 Å². The molecule has 6 nitrogen and oxygen atoms in total. The lowest BCUT2D eigenvalue weighted by Gasteiger charge is -2.11. The molecule has 0 amide bonds. The third-order valence-electron chi connectivity index (χ3n) is 2.41. The highest BCUT2D eigenvalue weighted by atomic mass is 127. The Hall–Kier alpha value is -0.830. The molecule has 2 N–H and O–H groups in total. The number of aliphatic imine (C=N–C) groups is 1. The highest BCUT2D eigenvalue weighted by Gasteiger charge is 1.96. The minimum atomic E-state index is 0. The summed E-state index contributed by atoms with van der Waals surface area (Å²) in [6, 6.07) is 0. The molecule has 1 rings (SSSR count). The van der Waals surface area contributed by atoms with E-state index >= 15 is 0 Å². The minimum Gasteiger partial charge on any atom is -0.380 e. The molecule has 0 unspecified atom stereocenters. The molecule has 110 valence electrons. The number of hydrogen-bond donors (Lipinski definition) is 2. The zero-order valence-corrected chi connectivity index (χ0v) is 14.0. The van der Waals surface area contributed by atoms with Gasteiger partial charge in [0.15, 0.2) is 5.96 Å². The number of rotatable bonds is 8. The molecule has 1 heterocycles. The first-order valence-electron chi connectivity index (χ1n) is 6.34. The van der Waals surface area contributed by atoms with Crippen molar-refractivity contribution in [2.24, 2.45) is 4.99 Å². The van der Waals surface area contributed by atoms with E-state index in [0.717, 1.165) is 38.6 Å². The smallest absolute Gasteiger partial charge is 0.191 e. The molecule has 0 aromatic carbocycles. The molecule has 0 aliphatic rings. The van der Waals surface area contributed by atoms with Gasteiger partial charge in [0.2, 0.25) is 0 Å². The summed E-state index contributed by atoms with van der Waals surface area (Å²) in [5.41, 5.74) is 0. The van der Waals surface area contributed by atoms with Crippen LogP contribution in [0.2, 0.25) is 0 Å². The van der Waals surface area contributed by atoms with Crippen molar-refractivity contribution in [1.82, 2.24) is 20.2 Å². The van der Waals surface area contributed by atoms with Crippen LogP contribution in [0.25, 0.3) is 0 Å². The zero-order chi connectivity index (χ0) is 13.1. The fourth-order valence-corrected chi connectivity index (χ4v) is 1.49. The summed E-state index contributed by atoms with van der Waals surface area (Å²) in [6.45, 7) is 6.05. The van der Waals surface area contributed by atoms with Gasteiger partial charge >= 0.3 is 0 Å². The largest absolute Gasteiger partial charge is 0.380 e. The molecule has 1 aromatic rings. The van der Waals surface area contributed by atoms with Crippen LogP contribution in [0.4, 0.5) is 0 Å². The van der Waals surface area contributed by atoms with E-state index in [2.05, 4.69) is 25.2 Å². The number of nitrogens with zero attached hydrogens (tertiary/aromatic N) is 3. The summed E-state index contributed by atoms with van der Waals surface area (Å²) in [4.78, 5) is 8.14. The van der Waals surface area contributed by atoms with Gasteiger partial charge in [-0.05, 0) is 13.3 Å². The van der Waals surface area contributed by atoms with E-state index in [9.17, 15) is 0 Å². The summed E-state index contributed by atoms with van der Waals surface area (Å²) < 4.78 is 7.31. The number of guanidine groups is 1. The Morgan fingerprint density at radius 3 is 2.79 bits per heavy atom. The van der Waals surface area contributed by atoms with Crippen molar-refractivity contribution in [3.63, 3.8) is 0 Å². The van der Waals surface area contributed by atoms with Gasteiger partial charge in [0, 0.05) is 45.7 Å². The van der Waals surface area contributed by atoms with E-state index in [4.69, 9.17) is 4.74 Å². The van der Waals surface area contributed by atoms with Gasteiger partial charge in [-0.3, -0.25) is 4.99 Å². The quantitative estimate of drug-likeness (QED) is 0.306. The van der Waals surface area contributed by atoms with Gasteiger partial charge in [-0.2, -0.15) is 0 Å². The molecular weight excluding hydrogens is 357 g/mol. The fourth-order valence-electron chi connectivity index (χ4n) is 1.49. The number of hydrogen-bond acceptors (Lipinski definition) is 3. The third-order valence-corrected chi connectivity index (χ3v) is 2.41. The average molecular weight is 381 g/mol. The van der Waals surface area contributed by atoms with Crippen molar-refractivity contribution in [2.45, 2.75) is 19.9 Å². The zero-order valence-electron chi connectivity index (χ0n) is 11.6. The molecule has 0 fully saturated rings. The van der Waals surface area contributed by atoms with Crippen molar-refractivity contribution >= 4 is 29.9 Å². The Bertz CT molecular complexity index is 329. The molecule has 0 saturated carbocycles. The predicted octanol–water partition coefficient (Wildman–Crippen LogP) is 1.09. The van der Waals surface area contributed by atoms with E-state index < -0.39 is 0 Å². The maximum Gasteiger partial charge on any atom is 0.191 e. The Morgan fingerprint density at radius 2 is 2.16 bits per heavy atom. The van der Waals surface area contributed by atoms with Crippen LogP contribution < -0.4 is 10.6 Å². The number of ether oxygens (including phenoxy) is 1. The predicted molar refractivity (Wildman–Crippen MR) is 88.1 cm³/mol. The summed E-state index contributed by atoms with van der Waals surface area (Å²) >= 11 is 0. The second-order valence-corrected chi connectivity index (χ2v) is 3.78. The summed E-state index contributed by atoms with van der Waals surface area (Å²) in [5, 5.41) is 6.45. The Labute approximate surface area is 132 Å². The molecule has 0 atom stereocenters. The SMILES string of the molecule is CCOCCNC(=NC)NCCCn1ccnc1.I. The van der Waals surface area contributed by atoms with E-state index in [0.29, 0.717) is 6.61 Å². The molecule has 7 heteroatoms. The van der Waals surface area contributed by atoms with Gasteiger partial charge in [-0.15, -0.1) is 24.0 Å². The monoisotopic (exact) mass is 381 g/mol. The molecule has 0 spiro atoms. The summed E-state index contributed by atoms with van der Waals surface area (Å²) in [6.07, 6.45) is 6.62. The molecular formula is C12H24IN5O. The van der Waals surface area contributed by atoms with Gasteiger partial charge in [0.25, 0.3) is 0 Å². The molecule has 1 aromatic heterocycles. The normalized spacial score (nSPS) is 10.9. The maximum atomic E-state index is 5.25. The first-order valence-corrected chi connectivity index (χ1v) is 6.34. The number of nitrogens with one attached hydrogen (secondary N) is 2. The van der Waals surface area contributed by atoms with Gasteiger partial charge in [0.1, 0.15) is 0 Å². The molecule has 0 aliphatic carbocycles. The van der Waals surface area contributed by atoms with Crippen LogP contribution in [0.1, 0.15) is 13.3 Å². The Balaban J connectivity index is 0.00000324. The second kappa shape index (κ2) is 12.2. The van der Waals surface area contributed by atoms with E-state index in [1.54, 1.807) is 13.2 Å². The number of halogens is 1. The third kappa shape index (κ3) is 8.82. The maximum absolute atomic E-state index is 5.25. The lowest BCUT2D eigenvalue weighted by atomic mass is 10.4. The van der Waals surface area contributed by atoms with Crippen molar-refractivity contribution in [1.29, 1.82) is 0 Å². The molecule has 0 bridgehead atoms. The fraction of sp³-hybridized carbons (Fsp3) is 0.667. The van der Waals surface area contributed by atoms with Crippen LogP contribution in [0.15, 0.2) is 23.7 Å². The van der Waals surface area contributed by atoms with E-state index in [1.165, 1.54) is 0 Å². The summed E-state index contributed by atoms with van der Waals surface area (Å²) in [5.74, 6) is 0.820. The van der Waals surface area contributed by atoms with Crippen LogP contribution in [0.5, 0.6) is 0 Å². The minimum absolute atomic E-state index is 0. The van der Waals surface area contributed by atoms with Crippen LogP contribution in [-0.2, 0) is 11.3 Å². The van der Waals surface area contributed by atoms with Gasteiger partial charge in [-0.25, -0.2) is 4.98 Å². The van der Waals surface area contributed by atoms with Gasteiger partial charge < -0.3 is 19.9 Å². The first-order chi connectivity index (χ1) is 8.86. The Kier molecular flexibility index (Phi) is 11.7. The lowest BCUT2D eigenvalue weighted by molar-refractivity contribution is 0.152. The van der Waals surface area contributed by atoms with Crippen LogP contribution in [0, 0.1) is 0 Å². The van der Waals surface area contributed by atoms with Crippen molar-refractivity contribution < 1.29 is 4.74 Å². The molecule has 0 saturated heterocycles. The van der Waals surface area contributed by atoms with Crippen molar-refractivity contribution in [3.8, 4) is 0 Å². The van der Waals surface area contributed by atoms with Crippen molar-refractivity contribution in [2.75, 3.05) is 33.4 Å². The standard InChI is InChI=1S/C12H23N5O.HI/c1-3-18-10-7-16-12(13-2)15-5-4-8-17-9-6-14-11-17;/h6,9,11H,3-5,7-8,10H2,1-2H3,(H2,13,15,16);1H. The molecule has 0 radical (unpaired) electrons. The molecule has 19 heavy (non-hydrogen) atoms.